The molecule has 0 unspecified atom stereocenters. The van der Waals surface area contributed by atoms with Crippen molar-refractivity contribution in [3.8, 4) is 0 Å². The highest BCUT2D eigenvalue weighted by Gasteiger charge is 2.90. The van der Waals surface area contributed by atoms with Gasteiger partial charge in [0.2, 0.25) is 0 Å². The zero-order valence-corrected chi connectivity index (χ0v) is 17.6. The highest BCUT2D eigenvalue weighted by molar-refractivity contribution is 6.65. The third-order valence-electron chi connectivity index (χ3n) is 6.40. The Hall–Kier alpha value is 0.540. The molecule has 2 amide bonds. The summed E-state index contributed by atoms with van der Waals surface area (Å²) in [7, 11) is 0. The van der Waals surface area contributed by atoms with Gasteiger partial charge in [-0.3, -0.25) is 14.4 Å². The Morgan fingerprint density at radius 2 is 1.38 bits per heavy atom. The molecule has 4 fully saturated rings. The van der Waals surface area contributed by atoms with E-state index in [1.54, 1.807) is 6.92 Å². The molecule has 1 saturated carbocycles. The Kier molecular flexibility index (Phi) is 3.69. The summed E-state index contributed by atoms with van der Waals surface area (Å²) in [5.74, 6) is -3.50. The van der Waals surface area contributed by atoms with Crippen molar-refractivity contribution in [1.29, 1.82) is 0 Å². The van der Waals surface area contributed by atoms with Crippen LogP contribution in [0.25, 0.3) is 0 Å². The first kappa shape index (κ1) is 18.6. The van der Waals surface area contributed by atoms with E-state index < -0.39 is 61.8 Å². The van der Waals surface area contributed by atoms with Crippen LogP contribution in [0, 0.1) is 23.7 Å². The number of hydrogen-bond donors (Lipinski definition) is 0. The van der Waals surface area contributed by atoms with Crippen LogP contribution in [0.15, 0.2) is 10.1 Å². The van der Waals surface area contributed by atoms with E-state index in [0.717, 1.165) is 5.06 Å². The van der Waals surface area contributed by atoms with Gasteiger partial charge in [0.15, 0.2) is 4.33 Å². The third-order valence-corrected chi connectivity index (χ3v) is 10.7. The van der Waals surface area contributed by atoms with E-state index in [9.17, 15) is 9.59 Å². The van der Waals surface area contributed by atoms with Crippen molar-refractivity contribution in [3.63, 3.8) is 0 Å². The van der Waals surface area contributed by atoms with Crippen LogP contribution in [-0.4, -0.2) is 49.8 Å². The predicted molar refractivity (Wildman–Crippen MR) is 96.4 cm³/mol. The van der Waals surface area contributed by atoms with E-state index in [4.69, 9.17) is 79.2 Å². The molecule has 3 heterocycles. The zero-order valence-electron chi connectivity index (χ0n) is 13.0. The minimum Gasteiger partial charge on any atom is -0.373 e. The number of rotatable bonds is 2. The summed E-state index contributed by atoms with van der Waals surface area (Å²) in [6, 6.07) is 0. The van der Waals surface area contributed by atoms with E-state index in [0.29, 0.717) is 0 Å². The Balaban J connectivity index is 1.66. The van der Waals surface area contributed by atoms with Crippen LogP contribution < -0.4 is 0 Å². The number of nitrogens with zero attached hydrogens (tertiary/aromatic N) is 1. The largest absolute Gasteiger partial charge is 0.373 e. The van der Waals surface area contributed by atoms with Crippen LogP contribution in [-0.2, 0) is 19.2 Å². The van der Waals surface area contributed by atoms with Gasteiger partial charge in [-0.15, -0.1) is 23.2 Å². The number of carbonyl (C=O) groups is 2. The standard InChI is InChI=1S/C15H11Cl6NO4/c1-2-25-22-11(23)3-4(12(22)24)8-6-5(7(3)26-8)13(18)9(16)10(17)14(6,19)15(13,20)21/h3-8H,2H2,1H3/t3-,4+,5+,6-,7+,8-,13-,14-/m1/s1. The maximum Gasteiger partial charge on any atom is 0.260 e. The second-order valence-electron chi connectivity index (χ2n) is 7.18. The first-order valence-electron chi connectivity index (χ1n) is 8.04. The second-order valence-corrected chi connectivity index (χ2v) is 10.5. The van der Waals surface area contributed by atoms with Gasteiger partial charge in [-0.2, -0.15) is 5.06 Å². The van der Waals surface area contributed by atoms with Gasteiger partial charge in [0.1, 0.15) is 9.75 Å². The molecular formula is C15H11Cl6NO4. The fourth-order valence-electron chi connectivity index (χ4n) is 5.53. The third kappa shape index (κ3) is 1.55. The number of amides is 2. The van der Waals surface area contributed by atoms with E-state index in [-0.39, 0.29) is 16.7 Å². The summed E-state index contributed by atoms with van der Waals surface area (Å²) in [5.41, 5.74) is 0. The van der Waals surface area contributed by atoms with Crippen LogP contribution in [0.1, 0.15) is 6.92 Å². The van der Waals surface area contributed by atoms with Crippen molar-refractivity contribution in [2.24, 2.45) is 23.7 Å². The molecule has 5 rings (SSSR count). The summed E-state index contributed by atoms with van der Waals surface area (Å²) in [6.45, 7) is 1.87. The number of fused-ring (bicyclic) bond motifs is 12. The molecule has 2 aliphatic carbocycles. The lowest BCUT2D eigenvalue weighted by Gasteiger charge is -2.39. The van der Waals surface area contributed by atoms with E-state index >= 15 is 0 Å². The quantitative estimate of drug-likeness (QED) is 0.448. The molecule has 5 nitrogen and oxygen atoms in total. The molecule has 0 aromatic carbocycles. The van der Waals surface area contributed by atoms with Gasteiger partial charge in [-0.05, 0) is 6.92 Å². The minimum atomic E-state index is -1.71. The van der Waals surface area contributed by atoms with Gasteiger partial charge < -0.3 is 4.74 Å². The SMILES string of the molecule is CCON1C(=O)[C@@H]2[C@H]3O[C@@H]([C@@H]2C1=O)[C@@H]1[C@H]3[C@@]2(Cl)C(Cl)=C(Cl)[C@@]1(Cl)C2(Cl)Cl. The maximum absolute atomic E-state index is 12.8. The van der Waals surface area contributed by atoms with Crippen LogP contribution in [0.2, 0.25) is 0 Å². The first-order chi connectivity index (χ1) is 12.1. The Morgan fingerprint density at radius 1 is 0.962 bits per heavy atom. The Bertz CT molecular complexity index is 745. The van der Waals surface area contributed by atoms with Crippen LogP contribution in [0.5, 0.6) is 0 Å². The van der Waals surface area contributed by atoms with Crippen molar-refractivity contribution in [3.05, 3.63) is 10.1 Å². The number of allylic oxidation sites excluding steroid dienone is 2. The fraction of sp³-hybridized carbons (Fsp3) is 0.733. The predicted octanol–water partition coefficient (Wildman–Crippen LogP) is 3.40. The Morgan fingerprint density at radius 3 is 1.77 bits per heavy atom. The Labute approximate surface area is 178 Å². The van der Waals surface area contributed by atoms with Crippen LogP contribution >= 0.6 is 69.6 Å². The molecule has 3 saturated heterocycles. The molecule has 5 aliphatic rings. The zero-order chi connectivity index (χ0) is 19.0. The number of halogens is 6. The molecule has 4 bridgehead atoms. The van der Waals surface area contributed by atoms with Crippen LogP contribution in [0.3, 0.4) is 0 Å². The van der Waals surface area contributed by atoms with Gasteiger partial charge in [-0.25, -0.2) is 0 Å². The van der Waals surface area contributed by atoms with Crippen LogP contribution in [0.4, 0.5) is 0 Å². The van der Waals surface area contributed by atoms with Crippen molar-refractivity contribution >= 4 is 81.4 Å². The molecule has 11 heteroatoms. The monoisotopic (exact) mass is 479 g/mol. The highest BCUT2D eigenvalue weighted by Crippen LogP contribution is 2.81. The fourth-order valence-corrected chi connectivity index (χ4v) is 8.59. The number of ether oxygens (including phenoxy) is 1. The smallest absolute Gasteiger partial charge is 0.260 e. The number of alkyl halides is 4. The lowest BCUT2D eigenvalue weighted by molar-refractivity contribution is -0.191. The number of imide groups is 1. The lowest BCUT2D eigenvalue weighted by Crippen LogP contribution is -2.50. The summed E-state index contributed by atoms with van der Waals surface area (Å²) >= 11 is 39.7. The lowest BCUT2D eigenvalue weighted by atomic mass is 9.65. The molecule has 3 aliphatic heterocycles. The van der Waals surface area contributed by atoms with E-state index in [1.165, 1.54) is 0 Å². The van der Waals surface area contributed by atoms with Gasteiger partial charge in [0, 0.05) is 11.8 Å². The molecule has 0 aromatic heterocycles. The van der Waals surface area contributed by atoms with Gasteiger partial charge in [0.25, 0.3) is 11.8 Å². The molecular weight excluding hydrogens is 471 g/mol. The average molecular weight is 482 g/mol. The molecule has 26 heavy (non-hydrogen) atoms. The van der Waals surface area contributed by atoms with Gasteiger partial charge >= 0.3 is 0 Å². The summed E-state index contributed by atoms with van der Waals surface area (Å²) in [6.07, 6.45) is -1.41. The average Bonchev–Trinajstić information content (AvgIpc) is 3.28. The number of hydrogen-bond acceptors (Lipinski definition) is 4. The summed E-state index contributed by atoms with van der Waals surface area (Å²) in [4.78, 5) is 27.7. The van der Waals surface area contributed by atoms with Crippen molar-refractivity contribution < 1.29 is 19.2 Å². The molecule has 8 atom stereocenters. The normalized spacial score (nSPS) is 53.1. The first-order valence-corrected chi connectivity index (χ1v) is 10.3. The van der Waals surface area contributed by atoms with Gasteiger partial charge in [0.05, 0.1) is 40.7 Å². The molecule has 0 radical (unpaired) electrons. The highest BCUT2D eigenvalue weighted by atomic mass is 35.5. The number of carbonyl (C=O) groups excluding carboxylic acids is 2. The van der Waals surface area contributed by atoms with Crippen molar-refractivity contribution in [2.45, 2.75) is 33.2 Å². The minimum absolute atomic E-state index is 0.0632. The molecule has 0 aromatic rings. The topological polar surface area (TPSA) is 55.8 Å². The molecule has 142 valence electrons. The second kappa shape index (κ2) is 5.17. The van der Waals surface area contributed by atoms with Crippen molar-refractivity contribution in [2.75, 3.05) is 6.61 Å². The molecule has 0 spiro atoms. The van der Waals surface area contributed by atoms with Gasteiger partial charge in [-0.1, -0.05) is 46.4 Å². The van der Waals surface area contributed by atoms with E-state index in [1.807, 2.05) is 0 Å². The van der Waals surface area contributed by atoms with E-state index in [2.05, 4.69) is 0 Å². The molecule has 0 N–H and O–H groups in total. The van der Waals surface area contributed by atoms with Crippen molar-refractivity contribution in [1.82, 2.24) is 5.06 Å². The number of hydroxylamine groups is 2. The summed E-state index contributed by atoms with van der Waals surface area (Å²) < 4.78 is 4.31. The maximum atomic E-state index is 12.8. The summed E-state index contributed by atoms with van der Waals surface area (Å²) in [5, 5.41) is 0.940.